The van der Waals surface area contributed by atoms with Gasteiger partial charge in [-0.05, 0) is 26.3 Å². The number of hydrogen-bond acceptors (Lipinski definition) is 5. The van der Waals surface area contributed by atoms with Crippen LogP contribution in [0.3, 0.4) is 0 Å². The molecular formula is C17H22N2O6. The van der Waals surface area contributed by atoms with Gasteiger partial charge in [-0.15, -0.1) is 0 Å². The van der Waals surface area contributed by atoms with Crippen molar-refractivity contribution < 1.29 is 29.0 Å². The van der Waals surface area contributed by atoms with Crippen LogP contribution in [-0.2, 0) is 25.7 Å². The van der Waals surface area contributed by atoms with Gasteiger partial charge >= 0.3 is 12.1 Å². The zero-order valence-electron chi connectivity index (χ0n) is 14.4. The van der Waals surface area contributed by atoms with E-state index in [0.29, 0.717) is 0 Å². The van der Waals surface area contributed by atoms with Crippen LogP contribution in [0, 0.1) is 0 Å². The van der Waals surface area contributed by atoms with Crippen LogP contribution in [0.4, 0.5) is 4.79 Å². The van der Waals surface area contributed by atoms with Gasteiger partial charge in [0.05, 0.1) is 6.10 Å². The molecule has 0 unspecified atom stereocenters. The molecule has 8 heteroatoms. The van der Waals surface area contributed by atoms with Gasteiger partial charge in [0, 0.05) is 0 Å². The van der Waals surface area contributed by atoms with Gasteiger partial charge in [0.15, 0.2) is 6.04 Å². The lowest BCUT2D eigenvalue weighted by Crippen LogP contribution is -2.54. The average Bonchev–Trinajstić information content (AvgIpc) is 2.80. The minimum absolute atomic E-state index is 0.0773. The van der Waals surface area contributed by atoms with E-state index in [0.717, 1.165) is 10.5 Å². The van der Waals surface area contributed by atoms with Crippen LogP contribution in [0.2, 0.25) is 0 Å². The number of nitrogens with one attached hydrogen (secondary N) is 1. The summed E-state index contributed by atoms with van der Waals surface area (Å²) in [6.45, 7) is 4.51. The SMILES string of the molecule is C[C@H]1OC(C)(C)N(C(=O)CNC(=O)OCc2ccccc2)[C@@H]1C(=O)O. The van der Waals surface area contributed by atoms with Crippen molar-refractivity contribution in [2.45, 2.75) is 45.2 Å². The summed E-state index contributed by atoms with van der Waals surface area (Å²) in [7, 11) is 0. The fourth-order valence-electron chi connectivity index (χ4n) is 2.89. The predicted molar refractivity (Wildman–Crippen MR) is 87.5 cm³/mol. The second-order valence-electron chi connectivity index (χ2n) is 6.23. The number of carboxylic acid groups (broad SMARTS) is 1. The monoisotopic (exact) mass is 350 g/mol. The van der Waals surface area contributed by atoms with E-state index in [9.17, 15) is 19.5 Å². The van der Waals surface area contributed by atoms with E-state index >= 15 is 0 Å². The molecule has 1 aromatic rings. The van der Waals surface area contributed by atoms with Crippen molar-refractivity contribution in [2.24, 2.45) is 0 Å². The first kappa shape index (κ1) is 18.7. The number of carbonyl (C=O) groups is 3. The van der Waals surface area contributed by atoms with E-state index in [1.165, 1.54) is 0 Å². The molecular weight excluding hydrogens is 328 g/mol. The molecule has 0 bridgehead atoms. The standard InChI is InChI=1S/C17H22N2O6/c1-11-14(15(21)22)19(17(2,3)25-11)13(20)9-18-16(23)24-10-12-7-5-4-6-8-12/h4-8,11,14H,9-10H2,1-3H3,(H,18,23)(H,21,22)/t11-,14+/m1/s1. The van der Waals surface area contributed by atoms with E-state index < -0.39 is 35.8 Å². The van der Waals surface area contributed by atoms with Gasteiger partial charge in [-0.1, -0.05) is 30.3 Å². The Morgan fingerprint density at radius 3 is 2.52 bits per heavy atom. The van der Waals surface area contributed by atoms with Crippen molar-refractivity contribution in [1.29, 1.82) is 0 Å². The number of nitrogens with zero attached hydrogens (tertiary/aromatic N) is 1. The Labute approximate surface area is 145 Å². The van der Waals surface area contributed by atoms with Crippen LogP contribution >= 0.6 is 0 Å². The molecule has 1 aliphatic heterocycles. The molecule has 136 valence electrons. The highest BCUT2D eigenvalue weighted by molar-refractivity contribution is 5.88. The zero-order chi connectivity index (χ0) is 18.6. The molecule has 0 aromatic heterocycles. The first-order chi connectivity index (χ1) is 11.7. The maximum Gasteiger partial charge on any atom is 0.407 e. The van der Waals surface area contributed by atoms with Crippen molar-refractivity contribution in [1.82, 2.24) is 10.2 Å². The summed E-state index contributed by atoms with van der Waals surface area (Å²) in [6.07, 6.45) is -1.41. The summed E-state index contributed by atoms with van der Waals surface area (Å²) >= 11 is 0. The number of carbonyl (C=O) groups excluding carboxylic acids is 2. The molecule has 2 atom stereocenters. The highest BCUT2D eigenvalue weighted by Gasteiger charge is 2.51. The Bertz CT molecular complexity index is 646. The summed E-state index contributed by atoms with van der Waals surface area (Å²) in [5.41, 5.74) is -0.257. The molecule has 1 aliphatic rings. The number of rotatable bonds is 5. The van der Waals surface area contributed by atoms with Crippen molar-refractivity contribution in [3.63, 3.8) is 0 Å². The van der Waals surface area contributed by atoms with Gasteiger partial charge in [-0.2, -0.15) is 0 Å². The molecule has 2 N–H and O–H groups in total. The number of ether oxygens (including phenoxy) is 2. The maximum atomic E-state index is 12.4. The summed E-state index contributed by atoms with van der Waals surface area (Å²) < 4.78 is 10.6. The second kappa shape index (κ2) is 7.52. The Morgan fingerprint density at radius 1 is 1.28 bits per heavy atom. The summed E-state index contributed by atoms with van der Waals surface area (Å²) in [5, 5.41) is 11.7. The first-order valence-electron chi connectivity index (χ1n) is 7.89. The Hall–Kier alpha value is -2.61. The number of alkyl carbamates (subject to hydrolysis) is 1. The maximum absolute atomic E-state index is 12.4. The molecule has 1 fully saturated rings. The molecule has 1 heterocycles. The van der Waals surface area contributed by atoms with E-state index in [1.807, 2.05) is 18.2 Å². The number of amides is 2. The average molecular weight is 350 g/mol. The normalized spacial score (nSPS) is 21.6. The van der Waals surface area contributed by atoms with Crippen LogP contribution in [0.1, 0.15) is 26.3 Å². The quantitative estimate of drug-likeness (QED) is 0.830. The fourth-order valence-corrected chi connectivity index (χ4v) is 2.89. The smallest absolute Gasteiger partial charge is 0.407 e. The van der Waals surface area contributed by atoms with Gasteiger partial charge in [0.2, 0.25) is 5.91 Å². The zero-order valence-corrected chi connectivity index (χ0v) is 14.4. The summed E-state index contributed by atoms with van der Waals surface area (Å²) in [4.78, 5) is 36.7. The van der Waals surface area contributed by atoms with E-state index in [-0.39, 0.29) is 13.2 Å². The fraction of sp³-hybridized carbons (Fsp3) is 0.471. The van der Waals surface area contributed by atoms with Crippen LogP contribution in [-0.4, -0.2) is 52.4 Å². The Balaban J connectivity index is 1.90. The van der Waals surface area contributed by atoms with Crippen molar-refractivity contribution >= 4 is 18.0 Å². The topological polar surface area (TPSA) is 105 Å². The van der Waals surface area contributed by atoms with E-state index in [2.05, 4.69) is 5.32 Å². The van der Waals surface area contributed by atoms with Crippen molar-refractivity contribution in [3.05, 3.63) is 35.9 Å². The Morgan fingerprint density at radius 2 is 1.92 bits per heavy atom. The second-order valence-corrected chi connectivity index (χ2v) is 6.23. The highest BCUT2D eigenvalue weighted by Crippen LogP contribution is 2.32. The molecule has 8 nitrogen and oxygen atoms in total. The largest absolute Gasteiger partial charge is 0.480 e. The molecule has 0 aliphatic carbocycles. The minimum atomic E-state index is -1.15. The lowest BCUT2D eigenvalue weighted by molar-refractivity contribution is -0.154. The molecule has 1 aromatic carbocycles. The molecule has 0 radical (unpaired) electrons. The van der Waals surface area contributed by atoms with Crippen LogP contribution < -0.4 is 5.32 Å². The predicted octanol–water partition coefficient (Wildman–Crippen LogP) is 1.35. The van der Waals surface area contributed by atoms with Gasteiger partial charge in [0.1, 0.15) is 18.9 Å². The number of aliphatic carboxylic acids is 1. The number of carboxylic acids is 1. The van der Waals surface area contributed by atoms with Crippen molar-refractivity contribution in [2.75, 3.05) is 6.54 Å². The molecule has 0 spiro atoms. The first-order valence-corrected chi connectivity index (χ1v) is 7.89. The number of hydrogen-bond donors (Lipinski definition) is 2. The van der Waals surface area contributed by atoms with Gasteiger partial charge in [0.25, 0.3) is 0 Å². The lowest BCUT2D eigenvalue weighted by atomic mass is 10.1. The summed E-state index contributed by atoms with van der Waals surface area (Å²) in [5.74, 6) is -1.71. The third-order valence-corrected chi connectivity index (χ3v) is 3.90. The molecule has 2 amide bonds. The molecule has 0 saturated carbocycles. The third-order valence-electron chi connectivity index (χ3n) is 3.90. The highest BCUT2D eigenvalue weighted by atomic mass is 16.6. The van der Waals surface area contributed by atoms with Crippen LogP contribution in [0.5, 0.6) is 0 Å². The molecule has 25 heavy (non-hydrogen) atoms. The van der Waals surface area contributed by atoms with Gasteiger partial charge < -0.3 is 19.9 Å². The van der Waals surface area contributed by atoms with Gasteiger partial charge in [-0.25, -0.2) is 9.59 Å². The Kier molecular flexibility index (Phi) is 5.63. The molecule has 2 rings (SSSR count). The van der Waals surface area contributed by atoms with Crippen LogP contribution in [0.25, 0.3) is 0 Å². The lowest BCUT2D eigenvalue weighted by Gasteiger charge is -2.32. The third kappa shape index (κ3) is 4.48. The van der Waals surface area contributed by atoms with Crippen LogP contribution in [0.15, 0.2) is 30.3 Å². The van der Waals surface area contributed by atoms with Crippen molar-refractivity contribution in [3.8, 4) is 0 Å². The minimum Gasteiger partial charge on any atom is -0.480 e. The van der Waals surface area contributed by atoms with Gasteiger partial charge in [-0.3, -0.25) is 9.69 Å². The summed E-state index contributed by atoms with van der Waals surface area (Å²) in [6, 6.07) is 8.00. The van der Waals surface area contributed by atoms with E-state index in [4.69, 9.17) is 9.47 Å². The van der Waals surface area contributed by atoms with E-state index in [1.54, 1.807) is 32.9 Å². The molecule has 1 saturated heterocycles. The number of benzene rings is 1.